The molecule has 2 aliphatic rings. The van der Waals surface area contributed by atoms with E-state index in [0.717, 1.165) is 60.1 Å². The summed E-state index contributed by atoms with van der Waals surface area (Å²) in [4.78, 5) is 17.5. The lowest BCUT2D eigenvalue weighted by Gasteiger charge is -2.34. The maximum absolute atomic E-state index is 12.9. The molecule has 2 aliphatic heterocycles. The molecule has 0 aromatic heterocycles. The van der Waals surface area contributed by atoms with Crippen molar-refractivity contribution >= 4 is 40.9 Å². The highest BCUT2D eigenvalue weighted by Gasteiger charge is 2.33. The van der Waals surface area contributed by atoms with Crippen LogP contribution >= 0.6 is 12.4 Å². The number of aliphatic carboxylic acids is 1. The molecule has 1 saturated heterocycles. The molecule has 5 nitrogen and oxygen atoms in total. The summed E-state index contributed by atoms with van der Waals surface area (Å²) in [5.41, 5.74) is 2.02. The maximum atomic E-state index is 12.9. The van der Waals surface area contributed by atoms with Gasteiger partial charge in [0.05, 0.1) is 17.3 Å². The number of halogens is 1. The van der Waals surface area contributed by atoms with Crippen LogP contribution in [0.25, 0.3) is 0 Å². The smallest absolute Gasteiger partial charge is 0.307 e. The Bertz CT molecular complexity index is 787. The van der Waals surface area contributed by atoms with Gasteiger partial charge in [0.1, 0.15) is 0 Å². The van der Waals surface area contributed by atoms with Gasteiger partial charge in [-0.1, -0.05) is 24.3 Å². The van der Waals surface area contributed by atoms with E-state index < -0.39 is 17.1 Å². The van der Waals surface area contributed by atoms with Crippen LogP contribution in [0.4, 0.5) is 11.4 Å². The Hall–Kier alpha value is -1.73. The van der Waals surface area contributed by atoms with E-state index in [1.807, 2.05) is 48.5 Å². The van der Waals surface area contributed by atoms with Gasteiger partial charge in [0.2, 0.25) is 0 Å². The number of para-hydroxylation sites is 2. The van der Waals surface area contributed by atoms with Gasteiger partial charge < -0.3 is 19.5 Å². The van der Waals surface area contributed by atoms with Gasteiger partial charge in [0, 0.05) is 24.3 Å². The highest BCUT2D eigenvalue weighted by Crippen LogP contribution is 2.43. The van der Waals surface area contributed by atoms with Crippen LogP contribution in [-0.2, 0) is 16.0 Å². The molecule has 0 saturated carbocycles. The molecular formula is C21H25ClN2O3S. The Morgan fingerprint density at radius 1 is 1.07 bits per heavy atom. The Balaban J connectivity index is 0.00000225. The van der Waals surface area contributed by atoms with E-state index in [9.17, 15) is 14.5 Å². The van der Waals surface area contributed by atoms with Gasteiger partial charge in [-0.2, -0.15) is 0 Å². The van der Waals surface area contributed by atoms with Crippen LogP contribution in [0.2, 0.25) is 0 Å². The van der Waals surface area contributed by atoms with Crippen molar-refractivity contribution in [2.24, 2.45) is 5.92 Å². The number of benzene rings is 2. The van der Waals surface area contributed by atoms with Crippen molar-refractivity contribution in [1.29, 1.82) is 0 Å². The zero-order valence-corrected chi connectivity index (χ0v) is 17.3. The zero-order valence-electron chi connectivity index (χ0n) is 15.6. The van der Waals surface area contributed by atoms with Crippen LogP contribution < -0.4 is 4.90 Å². The van der Waals surface area contributed by atoms with Gasteiger partial charge in [0.15, 0.2) is 9.79 Å². The summed E-state index contributed by atoms with van der Waals surface area (Å²) < 4.78 is 12.9. The predicted molar refractivity (Wildman–Crippen MR) is 113 cm³/mol. The number of anilines is 2. The van der Waals surface area contributed by atoms with Crippen LogP contribution in [0.5, 0.6) is 0 Å². The minimum atomic E-state index is -1.15. The Morgan fingerprint density at radius 3 is 2.29 bits per heavy atom. The van der Waals surface area contributed by atoms with Crippen LogP contribution in [-0.4, -0.2) is 46.7 Å². The molecule has 2 aromatic carbocycles. The summed E-state index contributed by atoms with van der Waals surface area (Å²) >= 11 is -1.15. The highest BCUT2D eigenvalue weighted by atomic mass is 35.5. The number of carboxylic acids is 1. The summed E-state index contributed by atoms with van der Waals surface area (Å²) in [7, 11) is 0. The second-order valence-corrected chi connectivity index (χ2v) is 8.60. The third kappa shape index (κ3) is 4.15. The number of hydrogen-bond acceptors (Lipinski definition) is 4. The SMILES string of the molecule is Cl.O=C(O)[C@@H]1CCCN(CCCN2c3ccccc3[S+]([O-])c3ccccc32)C1. The molecule has 1 atom stereocenters. The fourth-order valence-electron chi connectivity index (χ4n) is 4.08. The number of rotatable bonds is 5. The lowest BCUT2D eigenvalue weighted by Crippen LogP contribution is -2.40. The standard InChI is InChI=1S/C21H24N2O3S.ClH/c24-21(25)16-7-5-12-22(15-16)13-6-14-23-17-8-1-3-10-19(17)27(26)20-11-4-2-9-18(20)23;/h1-4,8-11,16H,5-7,12-15H2,(H,24,25);1H/t16-;/m1./s1. The third-order valence-corrected chi connectivity index (χ3v) is 6.91. The third-order valence-electron chi connectivity index (χ3n) is 5.42. The second-order valence-electron chi connectivity index (χ2n) is 7.19. The molecule has 1 N–H and O–H groups in total. The van der Waals surface area contributed by atoms with Crippen LogP contribution in [0.1, 0.15) is 19.3 Å². The number of carbonyl (C=O) groups is 1. The van der Waals surface area contributed by atoms with Gasteiger partial charge >= 0.3 is 5.97 Å². The second kappa shape index (κ2) is 9.18. The molecule has 0 bridgehead atoms. The summed E-state index contributed by atoms with van der Waals surface area (Å²) in [5.74, 6) is -0.918. The molecule has 0 spiro atoms. The molecule has 1 fully saturated rings. The number of hydrogen-bond donors (Lipinski definition) is 1. The van der Waals surface area contributed by atoms with E-state index in [1.165, 1.54) is 0 Å². The van der Waals surface area contributed by atoms with Gasteiger partial charge in [-0.05, 0) is 56.6 Å². The predicted octanol–water partition coefficient (Wildman–Crippen LogP) is 3.91. The number of likely N-dealkylation sites (tertiary alicyclic amines) is 1. The summed E-state index contributed by atoms with van der Waals surface area (Å²) in [6.07, 6.45) is 2.66. The van der Waals surface area contributed by atoms with Crippen LogP contribution in [0, 0.1) is 5.92 Å². The average molecular weight is 421 g/mol. The first-order valence-electron chi connectivity index (χ1n) is 9.47. The van der Waals surface area contributed by atoms with Crippen molar-refractivity contribution < 1.29 is 14.5 Å². The van der Waals surface area contributed by atoms with Crippen molar-refractivity contribution in [2.45, 2.75) is 29.1 Å². The first-order chi connectivity index (χ1) is 13.1. The van der Waals surface area contributed by atoms with Crippen LogP contribution in [0.3, 0.4) is 0 Å². The van der Waals surface area contributed by atoms with E-state index in [-0.39, 0.29) is 18.3 Å². The minimum Gasteiger partial charge on any atom is -0.606 e. The van der Waals surface area contributed by atoms with Crippen LogP contribution in [0.15, 0.2) is 58.3 Å². The van der Waals surface area contributed by atoms with E-state index in [4.69, 9.17) is 0 Å². The normalized spacial score (nSPS) is 19.5. The monoisotopic (exact) mass is 420 g/mol. The Labute approximate surface area is 174 Å². The number of carboxylic acid groups (broad SMARTS) is 1. The largest absolute Gasteiger partial charge is 0.606 e. The summed E-state index contributed by atoms with van der Waals surface area (Å²) in [6, 6.07) is 15.8. The molecule has 0 radical (unpaired) electrons. The fourth-order valence-corrected chi connectivity index (χ4v) is 5.45. The number of piperidine rings is 1. The van der Waals surface area contributed by atoms with E-state index in [0.29, 0.717) is 6.54 Å². The molecule has 0 unspecified atom stereocenters. The van der Waals surface area contributed by atoms with Gasteiger partial charge in [0.25, 0.3) is 0 Å². The molecule has 2 aromatic rings. The Kier molecular flexibility index (Phi) is 6.88. The van der Waals surface area contributed by atoms with Crippen molar-refractivity contribution in [3.63, 3.8) is 0 Å². The first kappa shape index (κ1) is 21.0. The fraction of sp³-hybridized carbons (Fsp3) is 0.381. The molecule has 7 heteroatoms. The average Bonchev–Trinajstić information content (AvgIpc) is 2.71. The molecule has 0 aliphatic carbocycles. The quantitative estimate of drug-likeness (QED) is 0.742. The molecule has 2 heterocycles. The van der Waals surface area contributed by atoms with Crippen molar-refractivity contribution in [3.8, 4) is 0 Å². The van der Waals surface area contributed by atoms with E-state index in [2.05, 4.69) is 9.80 Å². The first-order valence-corrected chi connectivity index (χ1v) is 10.6. The zero-order chi connectivity index (χ0) is 18.8. The number of nitrogens with zero attached hydrogens (tertiary/aromatic N) is 2. The lowest BCUT2D eigenvalue weighted by atomic mass is 9.98. The Morgan fingerprint density at radius 2 is 1.68 bits per heavy atom. The molecular weight excluding hydrogens is 396 g/mol. The van der Waals surface area contributed by atoms with E-state index in [1.54, 1.807) is 0 Å². The molecule has 0 amide bonds. The highest BCUT2D eigenvalue weighted by molar-refractivity contribution is 7.92. The van der Waals surface area contributed by atoms with Crippen molar-refractivity contribution in [2.75, 3.05) is 31.1 Å². The molecule has 4 rings (SSSR count). The van der Waals surface area contributed by atoms with Gasteiger partial charge in [-0.3, -0.25) is 4.79 Å². The summed E-state index contributed by atoms with van der Waals surface area (Å²) in [5, 5.41) is 9.26. The van der Waals surface area contributed by atoms with Crippen molar-refractivity contribution in [1.82, 2.24) is 4.90 Å². The minimum absolute atomic E-state index is 0. The van der Waals surface area contributed by atoms with Gasteiger partial charge in [-0.15, -0.1) is 12.4 Å². The number of fused-ring (bicyclic) bond motifs is 2. The lowest BCUT2D eigenvalue weighted by molar-refractivity contribution is -0.143. The topological polar surface area (TPSA) is 66.8 Å². The molecule has 28 heavy (non-hydrogen) atoms. The maximum Gasteiger partial charge on any atom is 0.307 e. The van der Waals surface area contributed by atoms with Gasteiger partial charge in [-0.25, -0.2) is 0 Å². The summed E-state index contributed by atoms with van der Waals surface area (Å²) in [6.45, 7) is 3.32. The molecule has 150 valence electrons. The van der Waals surface area contributed by atoms with Crippen molar-refractivity contribution in [3.05, 3.63) is 48.5 Å². The van der Waals surface area contributed by atoms with E-state index >= 15 is 0 Å².